The summed E-state index contributed by atoms with van der Waals surface area (Å²) in [5.74, 6) is 0.817. The van der Waals surface area contributed by atoms with E-state index in [1.807, 2.05) is 13.2 Å². The van der Waals surface area contributed by atoms with Crippen molar-refractivity contribution in [3.8, 4) is 0 Å². The molecule has 0 unspecified atom stereocenters. The van der Waals surface area contributed by atoms with E-state index in [9.17, 15) is 0 Å². The Balaban J connectivity index is 2.42. The standard InChI is InChI=1S/C9H13N5/c1-3-4-10-9-8-7(11-6-12-9)5-14(2)13-8/h5-6H,3-4H2,1-2H3,(H,10,11,12). The third kappa shape index (κ3) is 1.53. The van der Waals surface area contributed by atoms with Crippen LogP contribution in [0.1, 0.15) is 13.3 Å². The van der Waals surface area contributed by atoms with Crippen LogP contribution in [0, 0.1) is 0 Å². The molecule has 0 radical (unpaired) electrons. The van der Waals surface area contributed by atoms with Crippen LogP contribution in [0.5, 0.6) is 0 Å². The van der Waals surface area contributed by atoms with Crippen molar-refractivity contribution in [2.24, 2.45) is 7.05 Å². The minimum Gasteiger partial charge on any atom is -0.368 e. The second kappa shape index (κ2) is 3.61. The zero-order valence-electron chi connectivity index (χ0n) is 8.36. The van der Waals surface area contributed by atoms with Gasteiger partial charge in [0, 0.05) is 13.6 Å². The normalized spacial score (nSPS) is 10.7. The molecule has 74 valence electrons. The number of aryl methyl sites for hydroxylation is 1. The summed E-state index contributed by atoms with van der Waals surface area (Å²) in [5.41, 5.74) is 1.71. The molecule has 2 aromatic heterocycles. The summed E-state index contributed by atoms with van der Waals surface area (Å²) in [6.45, 7) is 3.02. The van der Waals surface area contributed by atoms with E-state index in [1.165, 1.54) is 0 Å². The lowest BCUT2D eigenvalue weighted by Crippen LogP contribution is -2.02. The van der Waals surface area contributed by atoms with Crippen molar-refractivity contribution in [3.63, 3.8) is 0 Å². The van der Waals surface area contributed by atoms with Gasteiger partial charge in [-0.3, -0.25) is 4.68 Å². The fraction of sp³-hybridized carbons (Fsp3) is 0.444. The Morgan fingerprint density at radius 1 is 1.43 bits per heavy atom. The van der Waals surface area contributed by atoms with Crippen LogP contribution < -0.4 is 5.32 Å². The highest BCUT2D eigenvalue weighted by Gasteiger charge is 2.05. The number of rotatable bonds is 3. The van der Waals surface area contributed by atoms with E-state index in [4.69, 9.17) is 0 Å². The summed E-state index contributed by atoms with van der Waals surface area (Å²) in [4.78, 5) is 8.30. The third-order valence-electron chi connectivity index (χ3n) is 1.96. The molecule has 2 aromatic rings. The van der Waals surface area contributed by atoms with Gasteiger partial charge in [0.15, 0.2) is 11.3 Å². The first-order chi connectivity index (χ1) is 6.81. The SMILES string of the molecule is CCCNc1ncnc2cn(C)nc12. The van der Waals surface area contributed by atoms with Crippen LogP contribution in [0.2, 0.25) is 0 Å². The number of hydrogen-bond donors (Lipinski definition) is 1. The van der Waals surface area contributed by atoms with Gasteiger partial charge in [-0.1, -0.05) is 6.92 Å². The number of aromatic nitrogens is 4. The molecule has 0 amide bonds. The van der Waals surface area contributed by atoms with E-state index in [2.05, 4.69) is 27.3 Å². The molecule has 0 bridgehead atoms. The van der Waals surface area contributed by atoms with Gasteiger partial charge < -0.3 is 5.32 Å². The third-order valence-corrected chi connectivity index (χ3v) is 1.96. The zero-order valence-corrected chi connectivity index (χ0v) is 8.36. The van der Waals surface area contributed by atoms with Gasteiger partial charge >= 0.3 is 0 Å². The lowest BCUT2D eigenvalue weighted by Gasteiger charge is -2.02. The Morgan fingerprint density at radius 2 is 2.29 bits per heavy atom. The fourth-order valence-corrected chi connectivity index (χ4v) is 1.32. The molecule has 2 rings (SSSR count). The van der Waals surface area contributed by atoms with Gasteiger partial charge in [0.05, 0.1) is 6.20 Å². The van der Waals surface area contributed by atoms with E-state index in [0.29, 0.717) is 0 Å². The molecular weight excluding hydrogens is 178 g/mol. The van der Waals surface area contributed by atoms with Gasteiger partial charge in [0.1, 0.15) is 11.8 Å². The maximum absolute atomic E-state index is 4.30. The number of hydrogen-bond acceptors (Lipinski definition) is 4. The number of fused-ring (bicyclic) bond motifs is 1. The molecule has 0 saturated heterocycles. The quantitative estimate of drug-likeness (QED) is 0.791. The van der Waals surface area contributed by atoms with Gasteiger partial charge in [-0.2, -0.15) is 5.10 Å². The van der Waals surface area contributed by atoms with E-state index in [0.717, 1.165) is 29.8 Å². The summed E-state index contributed by atoms with van der Waals surface area (Å²) in [5, 5.41) is 7.52. The zero-order chi connectivity index (χ0) is 9.97. The van der Waals surface area contributed by atoms with Crippen molar-refractivity contribution in [2.75, 3.05) is 11.9 Å². The van der Waals surface area contributed by atoms with Crippen LogP contribution in [0.3, 0.4) is 0 Å². The molecule has 0 saturated carbocycles. The molecule has 0 aliphatic rings. The summed E-state index contributed by atoms with van der Waals surface area (Å²) >= 11 is 0. The number of nitrogens with one attached hydrogen (secondary N) is 1. The molecule has 0 aromatic carbocycles. The van der Waals surface area contributed by atoms with Gasteiger partial charge in [0.25, 0.3) is 0 Å². The molecule has 2 heterocycles. The largest absolute Gasteiger partial charge is 0.368 e. The number of anilines is 1. The summed E-state index contributed by atoms with van der Waals surface area (Å²) in [6.07, 6.45) is 4.51. The highest BCUT2D eigenvalue weighted by atomic mass is 15.3. The van der Waals surface area contributed by atoms with Crippen LogP contribution >= 0.6 is 0 Å². The Bertz CT molecular complexity index is 434. The molecular formula is C9H13N5. The predicted molar refractivity (Wildman–Crippen MR) is 55.1 cm³/mol. The molecule has 0 aliphatic carbocycles. The molecule has 0 spiro atoms. The lowest BCUT2D eigenvalue weighted by molar-refractivity contribution is 0.779. The maximum Gasteiger partial charge on any atom is 0.157 e. The van der Waals surface area contributed by atoms with Gasteiger partial charge in [-0.25, -0.2) is 9.97 Å². The summed E-state index contributed by atoms with van der Waals surface area (Å²) in [7, 11) is 1.88. The maximum atomic E-state index is 4.30. The minimum absolute atomic E-state index is 0.817. The topological polar surface area (TPSA) is 55.6 Å². The van der Waals surface area contributed by atoms with Gasteiger partial charge in [0.2, 0.25) is 0 Å². The van der Waals surface area contributed by atoms with Crippen molar-refractivity contribution in [3.05, 3.63) is 12.5 Å². The van der Waals surface area contributed by atoms with Crippen LogP contribution in [-0.4, -0.2) is 26.3 Å². The molecule has 1 N–H and O–H groups in total. The van der Waals surface area contributed by atoms with Gasteiger partial charge in [-0.05, 0) is 6.42 Å². The van der Waals surface area contributed by atoms with Crippen LogP contribution in [0.4, 0.5) is 5.82 Å². The van der Waals surface area contributed by atoms with Crippen LogP contribution in [0.25, 0.3) is 11.0 Å². The van der Waals surface area contributed by atoms with E-state index in [-0.39, 0.29) is 0 Å². The molecule has 0 atom stereocenters. The van der Waals surface area contributed by atoms with Crippen molar-refractivity contribution in [1.29, 1.82) is 0 Å². The Kier molecular flexibility index (Phi) is 2.30. The summed E-state index contributed by atoms with van der Waals surface area (Å²) < 4.78 is 1.75. The predicted octanol–water partition coefficient (Wildman–Crippen LogP) is 1.19. The average molecular weight is 191 g/mol. The van der Waals surface area contributed by atoms with Gasteiger partial charge in [-0.15, -0.1) is 0 Å². The van der Waals surface area contributed by atoms with E-state index in [1.54, 1.807) is 11.0 Å². The Hall–Kier alpha value is -1.65. The van der Waals surface area contributed by atoms with Crippen molar-refractivity contribution < 1.29 is 0 Å². The van der Waals surface area contributed by atoms with Crippen molar-refractivity contribution in [1.82, 2.24) is 19.7 Å². The van der Waals surface area contributed by atoms with E-state index >= 15 is 0 Å². The minimum atomic E-state index is 0.817. The second-order valence-corrected chi connectivity index (χ2v) is 3.19. The lowest BCUT2D eigenvalue weighted by atomic mass is 10.4. The summed E-state index contributed by atoms with van der Waals surface area (Å²) in [6, 6.07) is 0. The Morgan fingerprint density at radius 3 is 3.07 bits per heavy atom. The molecule has 0 aliphatic heterocycles. The fourth-order valence-electron chi connectivity index (χ4n) is 1.32. The first kappa shape index (κ1) is 8.93. The second-order valence-electron chi connectivity index (χ2n) is 3.19. The Labute approximate surface area is 82.2 Å². The molecule has 5 heteroatoms. The van der Waals surface area contributed by atoms with E-state index < -0.39 is 0 Å². The number of nitrogens with zero attached hydrogens (tertiary/aromatic N) is 4. The highest BCUT2D eigenvalue weighted by Crippen LogP contribution is 2.15. The highest BCUT2D eigenvalue weighted by molar-refractivity contribution is 5.84. The monoisotopic (exact) mass is 191 g/mol. The van der Waals surface area contributed by atoms with Crippen LogP contribution in [0.15, 0.2) is 12.5 Å². The molecule has 0 fully saturated rings. The first-order valence-corrected chi connectivity index (χ1v) is 4.69. The first-order valence-electron chi connectivity index (χ1n) is 4.69. The van der Waals surface area contributed by atoms with Crippen LogP contribution in [-0.2, 0) is 7.05 Å². The van der Waals surface area contributed by atoms with Crippen molar-refractivity contribution in [2.45, 2.75) is 13.3 Å². The molecule has 14 heavy (non-hydrogen) atoms. The van der Waals surface area contributed by atoms with Crippen molar-refractivity contribution >= 4 is 16.9 Å². The molecule has 5 nitrogen and oxygen atoms in total. The smallest absolute Gasteiger partial charge is 0.157 e. The average Bonchev–Trinajstić information content (AvgIpc) is 2.55.